The second kappa shape index (κ2) is 5.88. The Morgan fingerprint density at radius 3 is 2.04 bits per heavy atom. The van der Waals surface area contributed by atoms with E-state index in [1.807, 2.05) is 43.3 Å². The Morgan fingerprint density at radius 1 is 0.783 bits per heavy atom. The summed E-state index contributed by atoms with van der Waals surface area (Å²) in [6, 6.07) is 16.7. The number of aryl methyl sites for hydroxylation is 1. The molecule has 116 valence electrons. The van der Waals surface area contributed by atoms with E-state index < -0.39 is 11.7 Å². The van der Waals surface area contributed by atoms with Gasteiger partial charge in [-0.1, -0.05) is 42.5 Å². The zero-order valence-electron chi connectivity index (χ0n) is 12.4. The molecule has 23 heavy (non-hydrogen) atoms. The van der Waals surface area contributed by atoms with E-state index in [0.717, 1.165) is 28.8 Å². The van der Waals surface area contributed by atoms with E-state index in [9.17, 15) is 13.2 Å². The van der Waals surface area contributed by atoms with Crippen LogP contribution in [-0.2, 0) is 6.18 Å². The number of hydrogen-bond acceptors (Lipinski definition) is 1. The molecule has 0 aliphatic heterocycles. The molecular formula is C19H14F3N. The van der Waals surface area contributed by atoms with Gasteiger partial charge < -0.3 is 0 Å². The van der Waals surface area contributed by atoms with Gasteiger partial charge in [-0.15, -0.1) is 0 Å². The molecule has 0 radical (unpaired) electrons. The molecule has 1 aromatic heterocycles. The van der Waals surface area contributed by atoms with Crippen LogP contribution in [0.3, 0.4) is 0 Å². The van der Waals surface area contributed by atoms with Crippen LogP contribution in [-0.4, -0.2) is 4.98 Å². The fourth-order valence-electron chi connectivity index (χ4n) is 2.56. The second-order valence-electron chi connectivity index (χ2n) is 5.29. The van der Waals surface area contributed by atoms with Crippen molar-refractivity contribution in [2.75, 3.05) is 0 Å². The lowest BCUT2D eigenvalue weighted by Gasteiger charge is -2.13. The van der Waals surface area contributed by atoms with Crippen LogP contribution in [0, 0.1) is 6.92 Å². The number of aromatic nitrogens is 1. The molecule has 0 unspecified atom stereocenters. The number of nitrogens with zero attached hydrogens (tertiary/aromatic N) is 1. The van der Waals surface area contributed by atoms with Gasteiger partial charge in [0, 0.05) is 17.3 Å². The first-order chi connectivity index (χ1) is 11.0. The number of alkyl halides is 3. The van der Waals surface area contributed by atoms with Crippen molar-refractivity contribution in [3.63, 3.8) is 0 Å². The second-order valence-corrected chi connectivity index (χ2v) is 5.29. The summed E-state index contributed by atoms with van der Waals surface area (Å²) in [5.74, 6) is 0. The smallest absolute Gasteiger partial charge is 0.256 e. The predicted octanol–water partition coefficient (Wildman–Crippen LogP) is 5.74. The summed E-state index contributed by atoms with van der Waals surface area (Å²) in [5.41, 5.74) is 3.66. The Labute approximate surface area is 132 Å². The summed E-state index contributed by atoms with van der Waals surface area (Å²) in [6.45, 7) is 1.97. The summed E-state index contributed by atoms with van der Waals surface area (Å²) >= 11 is 0. The largest absolute Gasteiger partial charge is 0.416 e. The first kappa shape index (κ1) is 15.3. The topological polar surface area (TPSA) is 12.9 Å². The van der Waals surface area contributed by atoms with Gasteiger partial charge in [-0.25, -0.2) is 0 Å². The molecule has 0 spiro atoms. The van der Waals surface area contributed by atoms with Gasteiger partial charge in [0.25, 0.3) is 0 Å². The van der Waals surface area contributed by atoms with Crippen molar-refractivity contribution in [3.05, 3.63) is 78.0 Å². The Kier molecular flexibility index (Phi) is 3.90. The van der Waals surface area contributed by atoms with Crippen LogP contribution in [0.5, 0.6) is 0 Å². The Bertz CT molecular complexity index is 806. The van der Waals surface area contributed by atoms with Gasteiger partial charge in [-0.2, -0.15) is 13.2 Å². The van der Waals surface area contributed by atoms with E-state index in [1.165, 1.54) is 12.1 Å². The Balaban J connectivity index is 2.13. The number of hydrogen-bond donors (Lipinski definition) is 0. The molecule has 0 amide bonds. The number of halogens is 3. The highest BCUT2D eigenvalue weighted by Crippen LogP contribution is 2.35. The van der Waals surface area contributed by atoms with Crippen LogP contribution in [0.2, 0.25) is 0 Å². The summed E-state index contributed by atoms with van der Waals surface area (Å²) in [4.78, 5) is 4.40. The van der Waals surface area contributed by atoms with E-state index in [4.69, 9.17) is 0 Å². The molecule has 3 rings (SSSR count). The van der Waals surface area contributed by atoms with Crippen LogP contribution in [0.1, 0.15) is 11.1 Å². The maximum absolute atomic E-state index is 12.7. The third kappa shape index (κ3) is 3.11. The summed E-state index contributed by atoms with van der Waals surface area (Å²) in [7, 11) is 0. The zero-order chi connectivity index (χ0) is 16.4. The quantitative estimate of drug-likeness (QED) is 0.587. The van der Waals surface area contributed by atoms with E-state index >= 15 is 0 Å². The molecule has 4 heteroatoms. The van der Waals surface area contributed by atoms with Crippen molar-refractivity contribution >= 4 is 0 Å². The number of rotatable bonds is 2. The minimum atomic E-state index is -4.33. The molecule has 0 atom stereocenters. The molecule has 0 N–H and O–H groups in total. The van der Waals surface area contributed by atoms with Crippen molar-refractivity contribution < 1.29 is 13.2 Å². The third-order valence-corrected chi connectivity index (χ3v) is 3.71. The molecular weight excluding hydrogens is 299 g/mol. The molecule has 0 saturated carbocycles. The van der Waals surface area contributed by atoms with Gasteiger partial charge >= 0.3 is 6.18 Å². The monoisotopic (exact) mass is 313 g/mol. The minimum Gasteiger partial charge on any atom is -0.256 e. The van der Waals surface area contributed by atoms with E-state index in [-0.39, 0.29) is 0 Å². The van der Waals surface area contributed by atoms with Gasteiger partial charge in [0.15, 0.2) is 0 Å². The van der Waals surface area contributed by atoms with Crippen LogP contribution in [0.25, 0.3) is 22.4 Å². The highest BCUT2D eigenvalue weighted by atomic mass is 19.4. The molecule has 2 aromatic carbocycles. The zero-order valence-corrected chi connectivity index (χ0v) is 12.4. The highest BCUT2D eigenvalue weighted by molar-refractivity contribution is 5.82. The van der Waals surface area contributed by atoms with Gasteiger partial charge in [-0.3, -0.25) is 4.98 Å². The molecule has 1 heterocycles. The lowest BCUT2D eigenvalue weighted by molar-refractivity contribution is -0.137. The van der Waals surface area contributed by atoms with E-state index in [1.54, 1.807) is 6.20 Å². The van der Waals surface area contributed by atoms with Crippen molar-refractivity contribution in [3.8, 4) is 22.4 Å². The normalized spacial score (nSPS) is 11.5. The van der Waals surface area contributed by atoms with Crippen LogP contribution < -0.4 is 0 Å². The van der Waals surface area contributed by atoms with Crippen LogP contribution in [0.4, 0.5) is 13.2 Å². The van der Waals surface area contributed by atoms with Crippen molar-refractivity contribution in [2.45, 2.75) is 13.1 Å². The Hall–Kier alpha value is -2.62. The highest BCUT2D eigenvalue weighted by Gasteiger charge is 2.30. The minimum absolute atomic E-state index is 0.657. The standard InChI is InChI=1S/C19H14F3N/c1-13-11-12-23-18(17(13)14-5-3-2-4-6-14)15-7-9-16(10-8-15)19(20,21)22/h2-12H,1H3. The van der Waals surface area contributed by atoms with E-state index in [0.29, 0.717) is 11.3 Å². The molecule has 0 saturated heterocycles. The third-order valence-electron chi connectivity index (χ3n) is 3.71. The molecule has 0 aliphatic carbocycles. The summed E-state index contributed by atoms with van der Waals surface area (Å²) < 4.78 is 38.1. The van der Waals surface area contributed by atoms with Gasteiger partial charge in [-0.05, 0) is 36.2 Å². The van der Waals surface area contributed by atoms with Gasteiger partial charge in [0.05, 0.1) is 11.3 Å². The summed E-state index contributed by atoms with van der Waals surface area (Å²) in [6.07, 6.45) is -2.66. The SMILES string of the molecule is Cc1ccnc(-c2ccc(C(F)(F)F)cc2)c1-c1ccccc1. The van der Waals surface area contributed by atoms with Crippen molar-refractivity contribution in [1.29, 1.82) is 0 Å². The van der Waals surface area contributed by atoms with Gasteiger partial charge in [0.2, 0.25) is 0 Å². The average molecular weight is 313 g/mol. The van der Waals surface area contributed by atoms with Crippen molar-refractivity contribution in [2.24, 2.45) is 0 Å². The summed E-state index contributed by atoms with van der Waals surface area (Å²) in [5, 5.41) is 0. The number of pyridine rings is 1. The van der Waals surface area contributed by atoms with Crippen molar-refractivity contribution in [1.82, 2.24) is 4.98 Å². The lowest BCUT2D eigenvalue weighted by Crippen LogP contribution is -2.04. The van der Waals surface area contributed by atoms with Crippen LogP contribution in [0.15, 0.2) is 66.9 Å². The molecule has 0 aliphatic rings. The first-order valence-corrected chi connectivity index (χ1v) is 7.15. The van der Waals surface area contributed by atoms with Gasteiger partial charge in [0.1, 0.15) is 0 Å². The molecule has 0 fully saturated rings. The number of benzene rings is 2. The van der Waals surface area contributed by atoms with E-state index in [2.05, 4.69) is 4.98 Å². The molecule has 1 nitrogen and oxygen atoms in total. The lowest BCUT2D eigenvalue weighted by atomic mass is 9.95. The first-order valence-electron chi connectivity index (χ1n) is 7.15. The van der Waals surface area contributed by atoms with Crippen LogP contribution >= 0.6 is 0 Å². The molecule has 0 bridgehead atoms. The predicted molar refractivity (Wildman–Crippen MR) is 84.8 cm³/mol. The molecule has 3 aromatic rings. The fraction of sp³-hybridized carbons (Fsp3) is 0.105. The maximum atomic E-state index is 12.7. The maximum Gasteiger partial charge on any atom is 0.416 e. The Morgan fingerprint density at radius 2 is 1.43 bits per heavy atom. The fourth-order valence-corrected chi connectivity index (χ4v) is 2.56. The average Bonchev–Trinajstić information content (AvgIpc) is 2.55.